The third kappa shape index (κ3) is 4.49. The fourth-order valence-corrected chi connectivity index (χ4v) is 2.03. The van der Waals surface area contributed by atoms with Crippen molar-refractivity contribution in [1.29, 1.82) is 0 Å². The van der Waals surface area contributed by atoms with Gasteiger partial charge in [0.05, 0.1) is 6.54 Å². The molecule has 22 heavy (non-hydrogen) atoms. The van der Waals surface area contributed by atoms with Gasteiger partial charge in [0.15, 0.2) is 0 Å². The zero-order chi connectivity index (χ0) is 15.9. The maximum Gasteiger partial charge on any atom is 0.323 e. The Labute approximate surface area is 133 Å². The highest BCUT2D eigenvalue weighted by Gasteiger charge is 2.18. The number of benzene rings is 2. The molecule has 1 amide bonds. The minimum absolute atomic E-state index is 0.0101. The number of hydrogen-bond donors (Lipinski definition) is 2. The number of carbonyl (C=O) groups is 2. The Kier molecular flexibility index (Phi) is 5.38. The summed E-state index contributed by atoms with van der Waals surface area (Å²) in [5, 5.41) is 12.5. The average Bonchev–Trinajstić information content (AvgIpc) is 2.52. The molecule has 114 valence electrons. The number of carboxylic acids is 1. The minimum Gasteiger partial charge on any atom is -0.480 e. The molecule has 0 unspecified atom stereocenters. The molecule has 0 saturated carbocycles. The van der Waals surface area contributed by atoms with Gasteiger partial charge in [-0.05, 0) is 36.4 Å². The summed E-state index contributed by atoms with van der Waals surface area (Å²) in [6.45, 7) is -0.394. The molecule has 0 atom stereocenters. The van der Waals surface area contributed by atoms with E-state index in [4.69, 9.17) is 16.7 Å². The molecule has 2 rings (SSSR count). The lowest BCUT2D eigenvalue weighted by atomic mass is 10.2. The molecule has 0 aromatic heterocycles. The first-order valence-corrected chi connectivity index (χ1v) is 7.00. The molecular formula is C16H15ClN2O3. The molecule has 0 heterocycles. The summed E-state index contributed by atoms with van der Waals surface area (Å²) >= 11 is 5.79. The van der Waals surface area contributed by atoms with Crippen molar-refractivity contribution in [2.45, 2.75) is 0 Å². The van der Waals surface area contributed by atoms with Gasteiger partial charge in [0, 0.05) is 16.4 Å². The first kappa shape index (κ1) is 15.9. The molecule has 0 aliphatic carbocycles. The number of rotatable bonds is 6. The zero-order valence-corrected chi connectivity index (χ0v) is 12.5. The van der Waals surface area contributed by atoms with Crippen LogP contribution in [0.15, 0.2) is 54.6 Å². The van der Waals surface area contributed by atoms with Crippen LogP contribution in [0.1, 0.15) is 0 Å². The lowest BCUT2D eigenvalue weighted by Gasteiger charge is -2.21. The van der Waals surface area contributed by atoms with Crippen molar-refractivity contribution in [2.24, 2.45) is 0 Å². The van der Waals surface area contributed by atoms with E-state index in [9.17, 15) is 9.59 Å². The molecule has 0 fully saturated rings. The van der Waals surface area contributed by atoms with Gasteiger partial charge in [-0.25, -0.2) is 0 Å². The summed E-state index contributed by atoms with van der Waals surface area (Å²) in [5.74, 6) is -1.40. The van der Waals surface area contributed by atoms with Crippen LogP contribution >= 0.6 is 11.6 Å². The van der Waals surface area contributed by atoms with E-state index in [-0.39, 0.29) is 19.0 Å². The molecule has 5 nitrogen and oxygen atoms in total. The number of anilines is 2. The summed E-state index contributed by atoms with van der Waals surface area (Å²) in [4.78, 5) is 24.5. The number of nitrogens with one attached hydrogen (secondary N) is 1. The summed E-state index contributed by atoms with van der Waals surface area (Å²) in [6, 6.07) is 15.6. The third-order valence-corrected chi connectivity index (χ3v) is 3.20. The van der Waals surface area contributed by atoms with Gasteiger partial charge in [0.2, 0.25) is 5.91 Å². The molecule has 0 saturated heterocycles. The number of nitrogens with zero attached hydrogens (tertiary/aromatic N) is 1. The highest BCUT2D eigenvalue weighted by molar-refractivity contribution is 6.30. The van der Waals surface area contributed by atoms with Gasteiger partial charge < -0.3 is 10.4 Å². The Morgan fingerprint density at radius 3 is 2.27 bits per heavy atom. The van der Waals surface area contributed by atoms with Crippen LogP contribution in [-0.4, -0.2) is 30.1 Å². The Morgan fingerprint density at radius 2 is 1.68 bits per heavy atom. The van der Waals surface area contributed by atoms with Crippen LogP contribution in [0.5, 0.6) is 0 Å². The number of aliphatic carboxylic acids is 1. The van der Waals surface area contributed by atoms with Crippen LogP contribution in [0.25, 0.3) is 0 Å². The second-order valence-electron chi connectivity index (χ2n) is 4.57. The maximum atomic E-state index is 12.3. The van der Waals surface area contributed by atoms with Gasteiger partial charge in [-0.3, -0.25) is 14.5 Å². The largest absolute Gasteiger partial charge is 0.480 e. The van der Waals surface area contributed by atoms with Gasteiger partial charge in [-0.2, -0.15) is 0 Å². The monoisotopic (exact) mass is 318 g/mol. The number of carboxylic acid groups (broad SMARTS) is 1. The third-order valence-electron chi connectivity index (χ3n) is 2.95. The molecule has 2 aromatic carbocycles. The second-order valence-corrected chi connectivity index (χ2v) is 5.01. The Bertz CT molecular complexity index is 644. The Hall–Kier alpha value is -2.53. The van der Waals surface area contributed by atoms with Crippen LogP contribution in [0, 0.1) is 0 Å². The lowest BCUT2D eigenvalue weighted by Crippen LogP contribution is -2.39. The van der Waals surface area contributed by atoms with Crippen LogP contribution in [0.4, 0.5) is 11.4 Å². The van der Waals surface area contributed by atoms with Crippen molar-refractivity contribution in [2.75, 3.05) is 23.3 Å². The SMILES string of the molecule is O=C(O)CN(C(=O)CNc1ccc(Cl)cc1)c1ccccc1. The molecule has 0 aliphatic rings. The van der Waals surface area contributed by atoms with E-state index in [0.29, 0.717) is 10.7 Å². The number of carbonyl (C=O) groups excluding carboxylic acids is 1. The first-order chi connectivity index (χ1) is 10.6. The number of hydrogen-bond acceptors (Lipinski definition) is 3. The van der Waals surface area contributed by atoms with Gasteiger partial charge in [-0.1, -0.05) is 29.8 Å². The highest BCUT2D eigenvalue weighted by Crippen LogP contribution is 2.15. The van der Waals surface area contributed by atoms with Crippen LogP contribution in [0.2, 0.25) is 5.02 Å². The predicted molar refractivity (Wildman–Crippen MR) is 86.4 cm³/mol. The number of halogens is 1. The van der Waals surface area contributed by atoms with Crippen LogP contribution in [-0.2, 0) is 9.59 Å². The Balaban J connectivity index is 2.05. The van der Waals surface area contributed by atoms with E-state index in [2.05, 4.69) is 5.32 Å². The van der Waals surface area contributed by atoms with Gasteiger partial charge in [0.25, 0.3) is 0 Å². The summed E-state index contributed by atoms with van der Waals surface area (Å²) in [5.41, 5.74) is 1.29. The van der Waals surface area contributed by atoms with Crippen LogP contribution in [0.3, 0.4) is 0 Å². The van der Waals surface area contributed by atoms with E-state index in [1.807, 2.05) is 0 Å². The molecule has 0 bridgehead atoms. The molecule has 0 radical (unpaired) electrons. The fourth-order valence-electron chi connectivity index (χ4n) is 1.91. The minimum atomic E-state index is -1.07. The predicted octanol–water partition coefficient (Wildman–Crippen LogP) is 2.87. The normalized spacial score (nSPS) is 10.0. The standard InChI is InChI=1S/C16H15ClN2O3/c17-12-6-8-13(9-7-12)18-10-15(20)19(11-16(21)22)14-4-2-1-3-5-14/h1-9,18H,10-11H2,(H,21,22). The van der Waals surface area contributed by atoms with Crippen molar-refractivity contribution in [3.8, 4) is 0 Å². The molecular weight excluding hydrogens is 304 g/mol. The summed E-state index contributed by atoms with van der Waals surface area (Å²) in [6.07, 6.45) is 0. The Morgan fingerprint density at radius 1 is 1.05 bits per heavy atom. The van der Waals surface area contributed by atoms with Crippen molar-refractivity contribution in [1.82, 2.24) is 0 Å². The van der Waals surface area contributed by atoms with E-state index in [1.54, 1.807) is 54.6 Å². The summed E-state index contributed by atoms with van der Waals surface area (Å²) < 4.78 is 0. The second kappa shape index (κ2) is 7.47. The van der Waals surface area contributed by atoms with E-state index < -0.39 is 5.97 Å². The van der Waals surface area contributed by atoms with Crippen molar-refractivity contribution in [3.63, 3.8) is 0 Å². The smallest absolute Gasteiger partial charge is 0.323 e. The van der Waals surface area contributed by atoms with E-state index in [1.165, 1.54) is 4.90 Å². The number of para-hydroxylation sites is 1. The lowest BCUT2D eigenvalue weighted by molar-refractivity contribution is -0.136. The topological polar surface area (TPSA) is 69.6 Å². The fraction of sp³-hybridized carbons (Fsp3) is 0.125. The first-order valence-electron chi connectivity index (χ1n) is 6.63. The molecule has 2 N–H and O–H groups in total. The molecule has 2 aromatic rings. The summed E-state index contributed by atoms with van der Waals surface area (Å²) in [7, 11) is 0. The number of amides is 1. The maximum absolute atomic E-state index is 12.3. The average molecular weight is 319 g/mol. The van der Waals surface area contributed by atoms with Crippen molar-refractivity contribution >= 4 is 34.9 Å². The van der Waals surface area contributed by atoms with Gasteiger partial charge in [0.1, 0.15) is 6.54 Å². The van der Waals surface area contributed by atoms with E-state index in [0.717, 1.165) is 5.69 Å². The zero-order valence-electron chi connectivity index (χ0n) is 11.7. The molecule has 0 spiro atoms. The van der Waals surface area contributed by atoms with Crippen molar-refractivity contribution in [3.05, 3.63) is 59.6 Å². The van der Waals surface area contributed by atoms with Gasteiger partial charge in [-0.15, -0.1) is 0 Å². The quantitative estimate of drug-likeness (QED) is 0.859. The molecule has 6 heteroatoms. The van der Waals surface area contributed by atoms with Crippen LogP contribution < -0.4 is 10.2 Å². The highest BCUT2D eigenvalue weighted by atomic mass is 35.5. The van der Waals surface area contributed by atoms with E-state index >= 15 is 0 Å². The molecule has 0 aliphatic heterocycles. The van der Waals surface area contributed by atoms with Gasteiger partial charge >= 0.3 is 5.97 Å². The van der Waals surface area contributed by atoms with Crippen molar-refractivity contribution < 1.29 is 14.7 Å².